The lowest BCUT2D eigenvalue weighted by molar-refractivity contribution is 0.123. The highest BCUT2D eigenvalue weighted by Gasteiger charge is 2.20. The fraction of sp³-hybridized carbons (Fsp3) is 0.944. The minimum absolute atomic E-state index is 0.841. The van der Waals surface area contributed by atoms with Crippen LogP contribution in [0.5, 0.6) is 0 Å². The number of likely N-dealkylation sites (tertiary alicyclic amines) is 1. The van der Waals surface area contributed by atoms with E-state index >= 15 is 0 Å². The van der Waals surface area contributed by atoms with E-state index in [1.807, 2.05) is 0 Å². The van der Waals surface area contributed by atoms with E-state index in [2.05, 4.69) is 27.4 Å². The second kappa shape index (κ2) is 11.7. The lowest BCUT2D eigenvalue weighted by Gasteiger charge is -2.15. The summed E-state index contributed by atoms with van der Waals surface area (Å²) >= 11 is 0. The van der Waals surface area contributed by atoms with Gasteiger partial charge in [-0.1, -0.05) is 0 Å². The summed E-state index contributed by atoms with van der Waals surface area (Å²) in [6.45, 7) is 10.6. The number of rotatable bonds is 12. The summed E-state index contributed by atoms with van der Waals surface area (Å²) in [5, 5.41) is 6.77. The van der Waals surface area contributed by atoms with Crippen molar-refractivity contribution in [3.63, 3.8) is 0 Å². The van der Waals surface area contributed by atoms with Crippen molar-refractivity contribution in [2.24, 2.45) is 10.9 Å². The van der Waals surface area contributed by atoms with E-state index in [4.69, 9.17) is 4.74 Å². The lowest BCUT2D eigenvalue weighted by atomic mass is 10.3. The second-order valence-corrected chi connectivity index (χ2v) is 6.82. The van der Waals surface area contributed by atoms with Gasteiger partial charge in [-0.2, -0.15) is 0 Å². The lowest BCUT2D eigenvalue weighted by Crippen LogP contribution is -2.38. The van der Waals surface area contributed by atoms with Crippen molar-refractivity contribution < 1.29 is 4.74 Å². The van der Waals surface area contributed by atoms with Crippen LogP contribution in [0.4, 0.5) is 0 Å². The molecule has 2 aliphatic rings. The predicted molar refractivity (Wildman–Crippen MR) is 97.0 cm³/mol. The highest BCUT2D eigenvalue weighted by atomic mass is 16.5. The molecule has 0 atom stereocenters. The maximum Gasteiger partial charge on any atom is 0.191 e. The fourth-order valence-electron chi connectivity index (χ4n) is 2.91. The summed E-state index contributed by atoms with van der Waals surface area (Å²) < 4.78 is 5.65. The van der Waals surface area contributed by atoms with Crippen LogP contribution in [0, 0.1) is 5.92 Å². The van der Waals surface area contributed by atoms with Crippen LogP contribution in [-0.2, 0) is 4.74 Å². The average molecular weight is 325 g/mol. The third-order valence-corrected chi connectivity index (χ3v) is 4.50. The minimum atomic E-state index is 0.841. The van der Waals surface area contributed by atoms with Gasteiger partial charge in [0.05, 0.1) is 0 Å². The van der Waals surface area contributed by atoms with E-state index in [-0.39, 0.29) is 0 Å². The van der Waals surface area contributed by atoms with Crippen LogP contribution in [-0.4, -0.2) is 63.3 Å². The van der Waals surface area contributed by atoms with Crippen LogP contribution in [0.25, 0.3) is 0 Å². The average Bonchev–Trinajstić information content (AvgIpc) is 3.23. The third kappa shape index (κ3) is 9.16. The van der Waals surface area contributed by atoms with Gasteiger partial charge in [0.15, 0.2) is 5.96 Å². The van der Waals surface area contributed by atoms with E-state index in [0.29, 0.717) is 0 Å². The molecule has 1 aliphatic carbocycles. The van der Waals surface area contributed by atoms with Crippen molar-refractivity contribution in [1.29, 1.82) is 0 Å². The molecule has 1 saturated heterocycles. The minimum Gasteiger partial charge on any atom is -0.381 e. The largest absolute Gasteiger partial charge is 0.381 e. The number of nitrogens with zero attached hydrogens (tertiary/aromatic N) is 2. The molecule has 5 heteroatoms. The highest BCUT2D eigenvalue weighted by molar-refractivity contribution is 5.79. The predicted octanol–water partition coefficient (Wildman–Crippen LogP) is 2.23. The topological polar surface area (TPSA) is 48.9 Å². The molecular weight excluding hydrogens is 288 g/mol. The van der Waals surface area contributed by atoms with Crippen LogP contribution in [0.2, 0.25) is 0 Å². The molecule has 2 rings (SSSR count). The molecule has 23 heavy (non-hydrogen) atoms. The van der Waals surface area contributed by atoms with Gasteiger partial charge in [0.1, 0.15) is 0 Å². The molecule has 134 valence electrons. The fourth-order valence-corrected chi connectivity index (χ4v) is 2.91. The summed E-state index contributed by atoms with van der Waals surface area (Å²) in [4.78, 5) is 7.21. The first-order chi connectivity index (χ1) is 11.4. The normalized spacial score (nSPS) is 19.3. The first-order valence-corrected chi connectivity index (χ1v) is 9.70. The molecule has 1 aliphatic heterocycles. The Bertz CT molecular complexity index is 325. The first-order valence-electron chi connectivity index (χ1n) is 9.70. The van der Waals surface area contributed by atoms with Crippen LogP contribution >= 0.6 is 0 Å². The molecule has 1 saturated carbocycles. The van der Waals surface area contributed by atoms with Crippen LogP contribution < -0.4 is 10.6 Å². The molecule has 1 heterocycles. The maximum absolute atomic E-state index is 5.65. The van der Waals surface area contributed by atoms with Crippen LogP contribution in [0.1, 0.15) is 51.9 Å². The summed E-state index contributed by atoms with van der Waals surface area (Å²) in [7, 11) is 0. The monoisotopic (exact) mass is 324 g/mol. The van der Waals surface area contributed by atoms with Gasteiger partial charge in [-0.05, 0) is 77.4 Å². The van der Waals surface area contributed by atoms with Crippen LogP contribution in [0.15, 0.2) is 4.99 Å². The van der Waals surface area contributed by atoms with E-state index in [1.54, 1.807) is 0 Å². The molecule has 0 aromatic rings. The van der Waals surface area contributed by atoms with Crippen molar-refractivity contribution in [3.05, 3.63) is 0 Å². The number of unbranched alkanes of at least 4 members (excludes halogenated alkanes) is 1. The van der Waals surface area contributed by atoms with Crippen molar-refractivity contribution in [3.8, 4) is 0 Å². The van der Waals surface area contributed by atoms with E-state index < -0.39 is 0 Å². The van der Waals surface area contributed by atoms with Crippen molar-refractivity contribution >= 4 is 5.96 Å². The number of guanidine groups is 1. The summed E-state index contributed by atoms with van der Waals surface area (Å²) in [6.07, 6.45) is 9.01. The van der Waals surface area contributed by atoms with Crippen molar-refractivity contribution in [1.82, 2.24) is 15.5 Å². The molecule has 0 radical (unpaired) electrons. The second-order valence-electron chi connectivity index (χ2n) is 6.82. The van der Waals surface area contributed by atoms with Crippen molar-refractivity contribution in [2.75, 3.05) is 52.5 Å². The third-order valence-electron chi connectivity index (χ3n) is 4.50. The Balaban J connectivity index is 1.46. The van der Waals surface area contributed by atoms with Gasteiger partial charge in [-0.15, -0.1) is 0 Å². The molecular formula is C18H36N4O. The standard InChI is InChI=1S/C18H36N4O/c1-2-19-18(21-11-7-15-23-16-17-8-9-17)20-10-3-4-12-22-13-5-6-14-22/h17H,2-16H2,1H3,(H2,19,20,21). The molecule has 0 bridgehead atoms. The number of hydrogen-bond donors (Lipinski definition) is 2. The Morgan fingerprint density at radius 3 is 2.70 bits per heavy atom. The zero-order valence-corrected chi connectivity index (χ0v) is 15.0. The highest BCUT2D eigenvalue weighted by Crippen LogP contribution is 2.28. The molecule has 5 nitrogen and oxygen atoms in total. The number of ether oxygens (including phenoxy) is 1. The van der Waals surface area contributed by atoms with Gasteiger partial charge in [-0.25, -0.2) is 0 Å². The van der Waals surface area contributed by atoms with E-state index in [1.165, 1.54) is 58.2 Å². The number of hydrogen-bond acceptors (Lipinski definition) is 3. The first kappa shape index (κ1) is 18.5. The molecule has 0 spiro atoms. The van der Waals surface area contributed by atoms with Crippen molar-refractivity contribution in [2.45, 2.75) is 51.9 Å². The van der Waals surface area contributed by atoms with Gasteiger partial charge in [0.25, 0.3) is 0 Å². The number of nitrogens with one attached hydrogen (secondary N) is 2. The smallest absolute Gasteiger partial charge is 0.191 e. The Labute approximate surface area is 142 Å². The number of aliphatic imine (C=N–C) groups is 1. The Morgan fingerprint density at radius 1 is 1.13 bits per heavy atom. The Morgan fingerprint density at radius 2 is 1.96 bits per heavy atom. The SMILES string of the molecule is CCNC(=NCCCOCC1CC1)NCCCCN1CCCC1. The van der Waals surface area contributed by atoms with Gasteiger partial charge < -0.3 is 20.3 Å². The molecule has 0 amide bonds. The molecule has 0 unspecified atom stereocenters. The quantitative estimate of drug-likeness (QED) is 0.328. The molecule has 2 fully saturated rings. The summed E-state index contributed by atoms with van der Waals surface area (Å²) in [5.41, 5.74) is 0. The zero-order chi connectivity index (χ0) is 16.2. The van der Waals surface area contributed by atoms with Gasteiger partial charge in [0.2, 0.25) is 0 Å². The van der Waals surface area contributed by atoms with Gasteiger partial charge in [-0.3, -0.25) is 4.99 Å². The van der Waals surface area contributed by atoms with Gasteiger partial charge in [0, 0.05) is 32.8 Å². The Hall–Kier alpha value is -0.810. The van der Waals surface area contributed by atoms with E-state index in [9.17, 15) is 0 Å². The molecule has 2 N–H and O–H groups in total. The molecule has 0 aromatic carbocycles. The van der Waals surface area contributed by atoms with E-state index in [0.717, 1.165) is 51.1 Å². The van der Waals surface area contributed by atoms with Gasteiger partial charge >= 0.3 is 0 Å². The van der Waals surface area contributed by atoms with Crippen LogP contribution in [0.3, 0.4) is 0 Å². The summed E-state index contributed by atoms with van der Waals surface area (Å²) in [6, 6.07) is 0. The zero-order valence-electron chi connectivity index (χ0n) is 15.0. The maximum atomic E-state index is 5.65. The molecule has 0 aromatic heterocycles. The summed E-state index contributed by atoms with van der Waals surface area (Å²) in [5.74, 6) is 1.81. The Kier molecular flexibility index (Phi) is 9.41.